The monoisotopic (exact) mass is 309 g/mol. The number of carboxylic acids is 1. The van der Waals surface area contributed by atoms with Crippen molar-refractivity contribution in [1.82, 2.24) is 4.57 Å². The predicted octanol–water partition coefficient (Wildman–Crippen LogP) is 4.25. The minimum absolute atomic E-state index is 0.564. The predicted molar refractivity (Wildman–Crippen MR) is 81.4 cm³/mol. The molecule has 104 valence electrons. The number of halogens is 2. The van der Waals surface area contributed by atoms with Crippen LogP contribution in [0.4, 0.5) is 0 Å². The highest BCUT2D eigenvalue weighted by Gasteiger charge is 2.07. The highest BCUT2D eigenvalue weighted by molar-refractivity contribution is 6.35. The quantitative estimate of drug-likeness (QED) is 0.858. The molecule has 1 aromatic heterocycles. The molecule has 0 radical (unpaired) electrons. The van der Waals surface area contributed by atoms with E-state index in [1.165, 1.54) is 0 Å². The number of carbonyl (C=O) groups is 1. The van der Waals surface area contributed by atoms with Crippen molar-refractivity contribution in [3.05, 3.63) is 63.4 Å². The Hall–Kier alpha value is -1.71. The van der Waals surface area contributed by atoms with Crippen molar-refractivity contribution in [3.63, 3.8) is 0 Å². The zero-order valence-electron chi connectivity index (χ0n) is 10.8. The Kier molecular flexibility index (Phi) is 4.53. The van der Waals surface area contributed by atoms with Crippen LogP contribution in [-0.2, 0) is 11.3 Å². The third-order valence-corrected chi connectivity index (χ3v) is 3.56. The Morgan fingerprint density at radius 3 is 2.70 bits per heavy atom. The van der Waals surface area contributed by atoms with E-state index in [0.717, 1.165) is 23.0 Å². The molecule has 0 spiro atoms. The van der Waals surface area contributed by atoms with Crippen molar-refractivity contribution >= 4 is 35.2 Å². The van der Waals surface area contributed by atoms with Crippen LogP contribution in [0.5, 0.6) is 0 Å². The lowest BCUT2D eigenvalue weighted by Gasteiger charge is -2.11. The Labute approximate surface area is 127 Å². The van der Waals surface area contributed by atoms with Crippen LogP contribution in [-0.4, -0.2) is 15.6 Å². The molecule has 1 heterocycles. The van der Waals surface area contributed by atoms with Gasteiger partial charge < -0.3 is 9.67 Å². The first kappa shape index (κ1) is 14.7. The lowest BCUT2D eigenvalue weighted by atomic mass is 10.2. The second-order valence-electron chi connectivity index (χ2n) is 4.39. The largest absolute Gasteiger partial charge is 0.478 e. The van der Waals surface area contributed by atoms with Crippen molar-refractivity contribution in [2.24, 2.45) is 0 Å². The van der Waals surface area contributed by atoms with E-state index in [4.69, 9.17) is 28.3 Å². The molecule has 0 fully saturated rings. The summed E-state index contributed by atoms with van der Waals surface area (Å²) in [5.74, 6) is -0.972. The van der Waals surface area contributed by atoms with Crippen molar-refractivity contribution in [1.29, 1.82) is 0 Å². The molecule has 0 aliphatic rings. The van der Waals surface area contributed by atoms with E-state index in [2.05, 4.69) is 0 Å². The van der Waals surface area contributed by atoms with Crippen LogP contribution in [0, 0.1) is 6.92 Å². The van der Waals surface area contributed by atoms with Gasteiger partial charge in [0.1, 0.15) is 0 Å². The lowest BCUT2D eigenvalue weighted by molar-refractivity contribution is -0.131. The van der Waals surface area contributed by atoms with Gasteiger partial charge in [-0.2, -0.15) is 0 Å². The summed E-state index contributed by atoms with van der Waals surface area (Å²) in [7, 11) is 0. The molecule has 0 saturated heterocycles. The molecule has 0 amide bonds. The molecule has 1 N–H and O–H groups in total. The summed E-state index contributed by atoms with van der Waals surface area (Å²) < 4.78 is 1.99. The van der Waals surface area contributed by atoms with Crippen LogP contribution in [0.1, 0.15) is 17.0 Å². The number of aromatic nitrogens is 1. The topological polar surface area (TPSA) is 42.2 Å². The van der Waals surface area contributed by atoms with Crippen LogP contribution < -0.4 is 0 Å². The molecule has 0 saturated carbocycles. The van der Waals surface area contributed by atoms with Crippen molar-refractivity contribution in [2.75, 3.05) is 0 Å². The van der Waals surface area contributed by atoms with Gasteiger partial charge in [-0.3, -0.25) is 0 Å². The zero-order chi connectivity index (χ0) is 14.7. The number of carboxylic acid groups (broad SMARTS) is 1. The maximum absolute atomic E-state index is 10.6. The van der Waals surface area contributed by atoms with E-state index >= 15 is 0 Å². The number of nitrogens with zero attached hydrogens (tertiary/aromatic N) is 1. The summed E-state index contributed by atoms with van der Waals surface area (Å²) in [6.45, 7) is 2.52. The van der Waals surface area contributed by atoms with E-state index < -0.39 is 5.97 Å². The smallest absolute Gasteiger partial charge is 0.328 e. The molecule has 2 rings (SSSR count). The minimum Gasteiger partial charge on any atom is -0.478 e. The lowest BCUT2D eigenvalue weighted by Crippen LogP contribution is -2.04. The maximum Gasteiger partial charge on any atom is 0.328 e. The van der Waals surface area contributed by atoms with Crippen LogP contribution in [0.2, 0.25) is 10.0 Å². The molecule has 0 aliphatic carbocycles. The van der Waals surface area contributed by atoms with Gasteiger partial charge in [0.15, 0.2) is 0 Å². The number of aliphatic carboxylic acids is 1. The SMILES string of the molecule is Cc1ccc(C=CC(=O)O)n1Cc1ccc(Cl)cc1Cl. The molecule has 1 aromatic carbocycles. The van der Waals surface area contributed by atoms with Gasteiger partial charge in [-0.1, -0.05) is 29.3 Å². The third-order valence-electron chi connectivity index (χ3n) is 2.97. The first-order valence-corrected chi connectivity index (χ1v) is 6.74. The molecule has 0 aliphatic heterocycles. The first-order valence-electron chi connectivity index (χ1n) is 5.98. The Bertz CT molecular complexity index is 675. The summed E-state index contributed by atoms with van der Waals surface area (Å²) >= 11 is 12.0. The van der Waals surface area contributed by atoms with E-state index in [1.807, 2.05) is 29.7 Å². The number of aryl methyl sites for hydroxylation is 1. The molecule has 5 heteroatoms. The van der Waals surface area contributed by atoms with Crippen LogP contribution in [0.25, 0.3) is 6.08 Å². The van der Waals surface area contributed by atoms with Crippen molar-refractivity contribution in [2.45, 2.75) is 13.5 Å². The Morgan fingerprint density at radius 2 is 2.05 bits per heavy atom. The van der Waals surface area contributed by atoms with Gasteiger partial charge in [-0.15, -0.1) is 0 Å². The van der Waals surface area contributed by atoms with Gasteiger partial charge in [0.05, 0.1) is 0 Å². The summed E-state index contributed by atoms with van der Waals surface area (Å²) in [4.78, 5) is 10.6. The summed E-state index contributed by atoms with van der Waals surface area (Å²) in [6.07, 6.45) is 2.69. The normalized spacial score (nSPS) is 11.2. The fraction of sp³-hybridized carbons (Fsp3) is 0.133. The van der Waals surface area contributed by atoms with Gasteiger partial charge in [-0.25, -0.2) is 4.79 Å². The van der Waals surface area contributed by atoms with Crippen LogP contribution in [0.3, 0.4) is 0 Å². The highest BCUT2D eigenvalue weighted by Crippen LogP contribution is 2.23. The molecule has 0 bridgehead atoms. The molecule has 0 unspecified atom stereocenters. The maximum atomic E-state index is 10.6. The fourth-order valence-corrected chi connectivity index (χ4v) is 2.40. The number of benzene rings is 1. The minimum atomic E-state index is -0.972. The standard InChI is InChI=1S/C15H13Cl2NO2/c1-10-2-5-13(6-7-15(19)20)18(10)9-11-3-4-12(16)8-14(11)17/h2-8H,9H2,1H3,(H,19,20). The van der Waals surface area contributed by atoms with Crippen LogP contribution in [0.15, 0.2) is 36.4 Å². The van der Waals surface area contributed by atoms with E-state index in [1.54, 1.807) is 18.2 Å². The van der Waals surface area contributed by atoms with E-state index in [0.29, 0.717) is 16.6 Å². The number of hydrogen-bond donors (Lipinski definition) is 1. The Morgan fingerprint density at radius 1 is 1.30 bits per heavy atom. The van der Waals surface area contributed by atoms with Crippen molar-refractivity contribution in [3.8, 4) is 0 Å². The first-order chi connectivity index (χ1) is 9.47. The Balaban J connectivity index is 2.33. The molecule has 20 heavy (non-hydrogen) atoms. The van der Waals surface area contributed by atoms with E-state index in [9.17, 15) is 4.79 Å². The highest BCUT2D eigenvalue weighted by atomic mass is 35.5. The molecule has 2 aromatic rings. The molecule has 3 nitrogen and oxygen atoms in total. The third kappa shape index (κ3) is 3.44. The molecule has 0 atom stereocenters. The van der Waals surface area contributed by atoms with Gasteiger partial charge in [0, 0.05) is 34.1 Å². The summed E-state index contributed by atoms with van der Waals surface area (Å²) in [6, 6.07) is 9.16. The second-order valence-corrected chi connectivity index (χ2v) is 5.24. The molecular weight excluding hydrogens is 297 g/mol. The summed E-state index contributed by atoms with van der Waals surface area (Å²) in [5, 5.41) is 9.89. The van der Waals surface area contributed by atoms with Crippen molar-refractivity contribution < 1.29 is 9.90 Å². The molecular formula is C15H13Cl2NO2. The van der Waals surface area contributed by atoms with Crippen LogP contribution >= 0.6 is 23.2 Å². The fourth-order valence-electron chi connectivity index (χ4n) is 1.93. The van der Waals surface area contributed by atoms with Gasteiger partial charge in [0.25, 0.3) is 0 Å². The average molecular weight is 310 g/mol. The van der Waals surface area contributed by atoms with E-state index in [-0.39, 0.29) is 0 Å². The van der Waals surface area contributed by atoms with Gasteiger partial charge in [-0.05, 0) is 42.8 Å². The number of rotatable bonds is 4. The average Bonchev–Trinajstić information content (AvgIpc) is 2.71. The summed E-state index contributed by atoms with van der Waals surface area (Å²) in [5.41, 5.74) is 2.78. The van der Waals surface area contributed by atoms with Gasteiger partial charge >= 0.3 is 5.97 Å². The zero-order valence-corrected chi connectivity index (χ0v) is 12.3. The second kappa shape index (κ2) is 6.16. The number of hydrogen-bond acceptors (Lipinski definition) is 1. The van der Waals surface area contributed by atoms with Gasteiger partial charge in [0.2, 0.25) is 0 Å².